The molecule has 2 rings (SSSR count). The third kappa shape index (κ3) is 7.58. The largest absolute Gasteiger partial charge is 0.355 e. The topological polar surface area (TPSA) is 86.8 Å². The Morgan fingerprint density at radius 3 is 2.32 bits per heavy atom. The van der Waals surface area contributed by atoms with Crippen LogP contribution in [0.1, 0.15) is 48.9 Å². The second-order valence-corrected chi connectivity index (χ2v) is 10.7. The van der Waals surface area contributed by atoms with Crippen LogP contribution in [0.25, 0.3) is 0 Å². The first-order valence-corrected chi connectivity index (χ1v) is 13.5. The predicted molar refractivity (Wildman–Crippen MR) is 137 cm³/mol. The molecular formula is C26H37N3O4S. The SMILES string of the molecule is CCNC(=O)[C@@H](C)N(Cc1cccc(C)c1)C(=O)CCCN(c1ccc(C)c(C)c1)S(C)(=O)=O. The fourth-order valence-corrected chi connectivity index (χ4v) is 4.75. The molecule has 0 saturated carbocycles. The van der Waals surface area contributed by atoms with Gasteiger partial charge in [0.1, 0.15) is 6.04 Å². The Morgan fingerprint density at radius 1 is 1.03 bits per heavy atom. The van der Waals surface area contributed by atoms with E-state index in [1.807, 2.05) is 64.1 Å². The number of aryl methyl sites for hydroxylation is 3. The summed E-state index contributed by atoms with van der Waals surface area (Å²) in [7, 11) is -3.51. The standard InChI is InChI=1S/C26H37N3O4S/c1-7-27-26(31)22(5)28(18-23-11-8-10-19(2)16-23)25(30)12-9-15-29(34(6,32)33)24-14-13-20(3)21(4)17-24/h8,10-11,13-14,16-17,22H,7,9,12,15,18H2,1-6H3,(H,27,31)/t22-/m1/s1. The molecule has 8 heteroatoms. The van der Waals surface area contributed by atoms with Crippen LogP contribution in [0.4, 0.5) is 5.69 Å². The van der Waals surface area contributed by atoms with E-state index in [0.29, 0.717) is 25.2 Å². The molecule has 1 atom stereocenters. The molecule has 0 aliphatic rings. The Balaban J connectivity index is 2.17. The van der Waals surface area contributed by atoms with Crippen molar-refractivity contribution in [2.75, 3.05) is 23.7 Å². The number of nitrogens with zero attached hydrogens (tertiary/aromatic N) is 2. The summed E-state index contributed by atoms with van der Waals surface area (Å²) in [6.07, 6.45) is 1.64. The number of hydrogen-bond acceptors (Lipinski definition) is 4. The summed E-state index contributed by atoms with van der Waals surface area (Å²) in [6, 6.07) is 12.7. The summed E-state index contributed by atoms with van der Waals surface area (Å²) >= 11 is 0. The first kappa shape index (κ1) is 27.4. The Kier molecular flexibility index (Phi) is 9.67. The van der Waals surface area contributed by atoms with E-state index in [4.69, 9.17) is 0 Å². The van der Waals surface area contributed by atoms with Gasteiger partial charge in [0.05, 0.1) is 11.9 Å². The first-order valence-electron chi connectivity index (χ1n) is 11.6. The van der Waals surface area contributed by atoms with Gasteiger partial charge in [-0.3, -0.25) is 13.9 Å². The molecule has 0 bridgehead atoms. The number of anilines is 1. The average Bonchev–Trinajstić information content (AvgIpc) is 2.76. The Morgan fingerprint density at radius 2 is 1.74 bits per heavy atom. The predicted octanol–water partition coefficient (Wildman–Crippen LogP) is 3.71. The number of rotatable bonds is 11. The van der Waals surface area contributed by atoms with Gasteiger partial charge >= 0.3 is 0 Å². The van der Waals surface area contributed by atoms with E-state index in [9.17, 15) is 18.0 Å². The van der Waals surface area contributed by atoms with E-state index in [0.717, 1.165) is 22.3 Å². The van der Waals surface area contributed by atoms with E-state index >= 15 is 0 Å². The van der Waals surface area contributed by atoms with Gasteiger partial charge in [0.25, 0.3) is 0 Å². The van der Waals surface area contributed by atoms with Crippen LogP contribution in [0, 0.1) is 20.8 Å². The number of hydrogen-bond donors (Lipinski definition) is 1. The smallest absolute Gasteiger partial charge is 0.242 e. The minimum atomic E-state index is -3.51. The molecule has 0 spiro atoms. The van der Waals surface area contributed by atoms with Crippen LogP contribution in [0.2, 0.25) is 0 Å². The maximum Gasteiger partial charge on any atom is 0.242 e. The van der Waals surface area contributed by atoms with Crippen molar-refractivity contribution in [1.29, 1.82) is 0 Å². The molecule has 0 heterocycles. The lowest BCUT2D eigenvalue weighted by atomic mass is 10.1. The molecule has 0 fully saturated rings. The molecule has 0 aliphatic carbocycles. The summed E-state index contributed by atoms with van der Waals surface area (Å²) in [5, 5.41) is 2.78. The van der Waals surface area contributed by atoms with Gasteiger partial charge in [-0.25, -0.2) is 8.42 Å². The minimum Gasteiger partial charge on any atom is -0.355 e. The molecule has 7 nitrogen and oxygen atoms in total. The molecule has 1 N–H and O–H groups in total. The Bertz CT molecular complexity index is 1110. The zero-order valence-electron chi connectivity index (χ0n) is 21.1. The number of sulfonamides is 1. The second-order valence-electron chi connectivity index (χ2n) is 8.79. The molecule has 186 valence electrons. The maximum atomic E-state index is 13.2. The highest BCUT2D eigenvalue weighted by molar-refractivity contribution is 7.92. The van der Waals surface area contributed by atoms with Crippen LogP contribution in [-0.2, 0) is 26.2 Å². The van der Waals surface area contributed by atoms with Gasteiger partial charge in [-0.05, 0) is 69.9 Å². The normalized spacial score (nSPS) is 12.2. The number of benzene rings is 2. The van der Waals surface area contributed by atoms with Crippen LogP contribution in [-0.4, -0.2) is 50.5 Å². The van der Waals surface area contributed by atoms with Crippen LogP contribution < -0.4 is 9.62 Å². The van der Waals surface area contributed by atoms with Gasteiger partial charge < -0.3 is 10.2 Å². The Labute approximate surface area is 204 Å². The third-order valence-corrected chi connectivity index (χ3v) is 7.08. The van der Waals surface area contributed by atoms with Gasteiger partial charge in [-0.2, -0.15) is 0 Å². The number of carbonyl (C=O) groups excluding carboxylic acids is 2. The molecule has 2 amide bonds. The van der Waals surface area contributed by atoms with E-state index in [2.05, 4.69) is 5.32 Å². The van der Waals surface area contributed by atoms with Crippen molar-refractivity contribution in [2.45, 2.75) is 60.0 Å². The minimum absolute atomic E-state index is 0.131. The maximum absolute atomic E-state index is 13.2. The molecule has 0 unspecified atom stereocenters. The van der Waals surface area contributed by atoms with Gasteiger partial charge in [-0.1, -0.05) is 35.9 Å². The van der Waals surface area contributed by atoms with E-state index in [1.165, 1.54) is 10.6 Å². The van der Waals surface area contributed by atoms with Crippen molar-refractivity contribution < 1.29 is 18.0 Å². The number of carbonyl (C=O) groups is 2. The van der Waals surface area contributed by atoms with Crippen molar-refractivity contribution in [3.63, 3.8) is 0 Å². The lowest BCUT2D eigenvalue weighted by molar-refractivity contribution is -0.140. The molecule has 2 aromatic rings. The van der Waals surface area contributed by atoms with Gasteiger partial charge in [0.2, 0.25) is 21.8 Å². The van der Waals surface area contributed by atoms with Crippen molar-refractivity contribution in [3.05, 3.63) is 64.7 Å². The van der Waals surface area contributed by atoms with Crippen LogP contribution in [0.5, 0.6) is 0 Å². The highest BCUT2D eigenvalue weighted by Crippen LogP contribution is 2.22. The van der Waals surface area contributed by atoms with Crippen molar-refractivity contribution >= 4 is 27.5 Å². The lowest BCUT2D eigenvalue weighted by Gasteiger charge is -2.29. The van der Waals surface area contributed by atoms with Crippen LogP contribution in [0.3, 0.4) is 0 Å². The number of likely N-dealkylation sites (N-methyl/N-ethyl adjacent to an activating group) is 1. The highest BCUT2D eigenvalue weighted by atomic mass is 32.2. The van der Waals surface area contributed by atoms with Gasteiger partial charge in [0, 0.05) is 26.1 Å². The number of nitrogens with one attached hydrogen (secondary N) is 1. The van der Waals surface area contributed by atoms with Crippen LogP contribution >= 0.6 is 0 Å². The summed E-state index contributed by atoms with van der Waals surface area (Å²) < 4.78 is 26.3. The van der Waals surface area contributed by atoms with E-state index in [-0.39, 0.29) is 24.8 Å². The monoisotopic (exact) mass is 487 g/mol. The summed E-state index contributed by atoms with van der Waals surface area (Å²) in [5.41, 5.74) is 4.69. The molecule has 0 aromatic heterocycles. The molecular weight excluding hydrogens is 450 g/mol. The fourth-order valence-electron chi connectivity index (χ4n) is 3.80. The third-order valence-electron chi connectivity index (χ3n) is 5.88. The summed E-state index contributed by atoms with van der Waals surface area (Å²) in [5.74, 6) is -0.398. The molecule has 0 radical (unpaired) electrons. The van der Waals surface area contributed by atoms with Gasteiger partial charge in [0.15, 0.2) is 0 Å². The highest BCUT2D eigenvalue weighted by Gasteiger charge is 2.26. The molecule has 34 heavy (non-hydrogen) atoms. The van der Waals surface area contributed by atoms with E-state index in [1.54, 1.807) is 17.9 Å². The fraction of sp³-hybridized carbons (Fsp3) is 0.462. The molecule has 0 saturated heterocycles. The Hall–Kier alpha value is -2.87. The summed E-state index contributed by atoms with van der Waals surface area (Å²) in [4.78, 5) is 27.3. The zero-order valence-corrected chi connectivity index (χ0v) is 21.9. The van der Waals surface area contributed by atoms with Gasteiger partial charge in [-0.15, -0.1) is 0 Å². The zero-order chi connectivity index (χ0) is 25.5. The average molecular weight is 488 g/mol. The molecule has 2 aromatic carbocycles. The van der Waals surface area contributed by atoms with Crippen molar-refractivity contribution in [2.24, 2.45) is 0 Å². The van der Waals surface area contributed by atoms with Crippen molar-refractivity contribution in [1.82, 2.24) is 10.2 Å². The lowest BCUT2D eigenvalue weighted by Crippen LogP contribution is -2.47. The quantitative estimate of drug-likeness (QED) is 0.523. The number of amides is 2. The van der Waals surface area contributed by atoms with Crippen LogP contribution in [0.15, 0.2) is 42.5 Å². The summed E-state index contributed by atoms with van der Waals surface area (Å²) in [6.45, 7) is 10.4. The van der Waals surface area contributed by atoms with Crippen molar-refractivity contribution in [3.8, 4) is 0 Å². The molecule has 0 aliphatic heterocycles. The first-order chi connectivity index (χ1) is 15.9. The van der Waals surface area contributed by atoms with E-state index < -0.39 is 16.1 Å². The second kappa shape index (κ2) is 12.0.